The summed E-state index contributed by atoms with van der Waals surface area (Å²) in [6.45, 7) is 9.82. The molecular formula is C33H46O4. The van der Waals surface area contributed by atoms with E-state index in [-0.39, 0.29) is 23.5 Å². The molecule has 0 aromatic heterocycles. The molecule has 4 aliphatic rings. The van der Waals surface area contributed by atoms with Crippen molar-refractivity contribution in [2.24, 2.45) is 34.5 Å². The third-order valence-electron chi connectivity index (χ3n) is 11.1. The fourth-order valence-electron chi connectivity index (χ4n) is 9.08. The molecule has 0 amide bonds. The molecular weight excluding hydrogens is 460 g/mol. The fraction of sp³-hybridized carbons (Fsp3) is 0.697. The maximum absolute atomic E-state index is 12.7. The Hall–Kier alpha value is -2.10. The van der Waals surface area contributed by atoms with E-state index in [0.29, 0.717) is 47.7 Å². The van der Waals surface area contributed by atoms with Crippen LogP contribution in [0.4, 0.5) is 0 Å². The second-order valence-electron chi connectivity index (χ2n) is 12.9. The standard InChI is InChI=1S/C33H46O4/c1-5-36-30(34)16-11-22(2)27-14-15-28-26-13-12-24-21-25(37-31(35)23-9-7-6-8-10-23)17-19-32(24,3)29(26)18-20-33(27,28)4/h6-10,22,24-25,27-28H,5,11-21H2,1-4H3/t22-,24+,25+,27-,28+,32+,33-/m1/s1. The van der Waals surface area contributed by atoms with E-state index in [0.717, 1.165) is 25.7 Å². The minimum Gasteiger partial charge on any atom is -0.466 e. The topological polar surface area (TPSA) is 52.6 Å². The van der Waals surface area contributed by atoms with Gasteiger partial charge in [-0.2, -0.15) is 0 Å². The third-order valence-corrected chi connectivity index (χ3v) is 11.1. The van der Waals surface area contributed by atoms with Crippen LogP contribution in [0.25, 0.3) is 0 Å². The van der Waals surface area contributed by atoms with Gasteiger partial charge in [-0.1, -0.05) is 50.1 Å². The molecule has 2 saturated carbocycles. The summed E-state index contributed by atoms with van der Waals surface area (Å²) >= 11 is 0. The molecule has 37 heavy (non-hydrogen) atoms. The number of carbonyl (C=O) groups excluding carboxylic acids is 2. The Morgan fingerprint density at radius 2 is 1.81 bits per heavy atom. The Morgan fingerprint density at radius 3 is 2.57 bits per heavy atom. The van der Waals surface area contributed by atoms with Gasteiger partial charge in [0.05, 0.1) is 12.2 Å². The van der Waals surface area contributed by atoms with Crippen molar-refractivity contribution < 1.29 is 19.1 Å². The first-order chi connectivity index (χ1) is 17.8. The molecule has 1 aromatic rings. The lowest BCUT2D eigenvalue weighted by atomic mass is 9.50. The lowest BCUT2D eigenvalue weighted by molar-refractivity contribution is -0.143. The van der Waals surface area contributed by atoms with Crippen molar-refractivity contribution in [3.8, 4) is 0 Å². The van der Waals surface area contributed by atoms with Gasteiger partial charge in [-0.15, -0.1) is 0 Å². The molecule has 0 heterocycles. The van der Waals surface area contributed by atoms with Crippen molar-refractivity contribution >= 4 is 11.9 Å². The number of benzene rings is 1. The number of ether oxygens (including phenoxy) is 2. The van der Waals surface area contributed by atoms with E-state index in [9.17, 15) is 9.59 Å². The van der Waals surface area contributed by atoms with E-state index in [2.05, 4.69) is 20.8 Å². The number of carbonyl (C=O) groups is 2. The Morgan fingerprint density at radius 1 is 1.03 bits per heavy atom. The minimum absolute atomic E-state index is 0.0397. The summed E-state index contributed by atoms with van der Waals surface area (Å²) in [6, 6.07) is 9.42. The zero-order valence-corrected chi connectivity index (χ0v) is 23.4. The summed E-state index contributed by atoms with van der Waals surface area (Å²) in [5, 5.41) is 0. The molecule has 0 N–H and O–H groups in total. The first kappa shape index (κ1) is 26.5. The van der Waals surface area contributed by atoms with Crippen LogP contribution in [0.1, 0.15) is 109 Å². The highest BCUT2D eigenvalue weighted by atomic mass is 16.5. The lowest BCUT2D eigenvalue weighted by Gasteiger charge is -2.55. The summed E-state index contributed by atoms with van der Waals surface area (Å²) in [7, 11) is 0. The predicted molar refractivity (Wildman–Crippen MR) is 146 cm³/mol. The number of allylic oxidation sites excluding steroid dienone is 2. The SMILES string of the molecule is CCOC(=O)CC[C@@H](C)[C@H]1CC[C@H]2C3=C(CC[C@]12C)[C@@]1(C)CC[C@H](OC(=O)c2ccccc2)C[C@@H]1CC3. The first-order valence-electron chi connectivity index (χ1n) is 14.9. The van der Waals surface area contributed by atoms with Crippen LogP contribution >= 0.6 is 0 Å². The van der Waals surface area contributed by atoms with Gasteiger partial charge in [-0.05, 0) is 118 Å². The van der Waals surface area contributed by atoms with Crippen LogP contribution in [0.15, 0.2) is 41.5 Å². The van der Waals surface area contributed by atoms with Gasteiger partial charge >= 0.3 is 11.9 Å². The molecule has 5 rings (SSSR count). The maximum Gasteiger partial charge on any atom is 0.338 e. The Labute approximate surface area is 223 Å². The normalized spacial score (nSPS) is 35.7. The summed E-state index contributed by atoms with van der Waals surface area (Å²) in [5.41, 5.74) is 4.85. The molecule has 0 saturated heterocycles. The van der Waals surface area contributed by atoms with E-state index in [1.165, 1.54) is 38.5 Å². The van der Waals surface area contributed by atoms with Gasteiger partial charge in [0, 0.05) is 6.42 Å². The van der Waals surface area contributed by atoms with Crippen molar-refractivity contribution in [3.05, 3.63) is 47.0 Å². The minimum atomic E-state index is -0.174. The molecule has 4 heteroatoms. The lowest BCUT2D eigenvalue weighted by Crippen LogP contribution is -2.46. The Kier molecular flexibility index (Phi) is 7.58. The highest BCUT2D eigenvalue weighted by Gasteiger charge is 2.56. The maximum atomic E-state index is 12.7. The molecule has 202 valence electrons. The van der Waals surface area contributed by atoms with E-state index >= 15 is 0 Å². The molecule has 0 bridgehead atoms. The largest absolute Gasteiger partial charge is 0.466 e. The van der Waals surface area contributed by atoms with Crippen molar-refractivity contribution in [2.75, 3.05) is 6.61 Å². The number of rotatable bonds is 7. The van der Waals surface area contributed by atoms with E-state index in [1.807, 2.05) is 37.3 Å². The quantitative estimate of drug-likeness (QED) is 0.278. The van der Waals surface area contributed by atoms with Crippen molar-refractivity contribution in [1.82, 2.24) is 0 Å². The predicted octanol–water partition coefficient (Wildman–Crippen LogP) is 7.91. The molecule has 0 aliphatic heterocycles. The summed E-state index contributed by atoms with van der Waals surface area (Å²) in [4.78, 5) is 24.7. The smallest absolute Gasteiger partial charge is 0.338 e. The van der Waals surface area contributed by atoms with Crippen molar-refractivity contribution in [2.45, 2.75) is 104 Å². The zero-order chi connectivity index (χ0) is 26.2. The van der Waals surface area contributed by atoms with Gasteiger partial charge in [0.2, 0.25) is 0 Å². The summed E-state index contributed by atoms with van der Waals surface area (Å²) in [6.07, 6.45) is 12.2. The number of hydrogen-bond acceptors (Lipinski definition) is 4. The summed E-state index contributed by atoms with van der Waals surface area (Å²) in [5.74, 6) is 2.35. The molecule has 0 unspecified atom stereocenters. The van der Waals surface area contributed by atoms with Gasteiger partial charge in [-0.3, -0.25) is 4.79 Å². The van der Waals surface area contributed by atoms with E-state index in [1.54, 1.807) is 11.1 Å². The molecule has 4 nitrogen and oxygen atoms in total. The van der Waals surface area contributed by atoms with Crippen LogP contribution < -0.4 is 0 Å². The average Bonchev–Trinajstić information content (AvgIpc) is 3.25. The molecule has 1 aromatic carbocycles. The third kappa shape index (κ3) is 4.90. The second kappa shape index (κ2) is 10.6. The zero-order valence-electron chi connectivity index (χ0n) is 23.4. The Balaban J connectivity index is 1.26. The molecule has 0 spiro atoms. The molecule has 4 aliphatic carbocycles. The summed E-state index contributed by atoms with van der Waals surface area (Å²) < 4.78 is 11.2. The molecule has 7 atom stereocenters. The van der Waals surface area contributed by atoms with Crippen LogP contribution in [0.3, 0.4) is 0 Å². The molecule has 0 radical (unpaired) electrons. The van der Waals surface area contributed by atoms with Crippen LogP contribution in [-0.4, -0.2) is 24.6 Å². The van der Waals surface area contributed by atoms with Crippen LogP contribution in [0.2, 0.25) is 0 Å². The van der Waals surface area contributed by atoms with Gasteiger partial charge in [0.15, 0.2) is 0 Å². The van der Waals surface area contributed by atoms with E-state index < -0.39 is 0 Å². The van der Waals surface area contributed by atoms with Gasteiger partial charge in [0.1, 0.15) is 6.10 Å². The highest BCUT2D eigenvalue weighted by molar-refractivity contribution is 5.89. The van der Waals surface area contributed by atoms with Crippen LogP contribution in [-0.2, 0) is 14.3 Å². The van der Waals surface area contributed by atoms with Crippen LogP contribution in [0, 0.1) is 34.5 Å². The number of fused-ring (bicyclic) bond motifs is 4. The van der Waals surface area contributed by atoms with Gasteiger partial charge in [0.25, 0.3) is 0 Å². The average molecular weight is 507 g/mol. The number of hydrogen-bond donors (Lipinski definition) is 0. The number of esters is 2. The molecule has 2 fully saturated rings. The monoisotopic (exact) mass is 506 g/mol. The highest BCUT2D eigenvalue weighted by Crippen LogP contribution is 2.66. The first-order valence-corrected chi connectivity index (χ1v) is 14.9. The second-order valence-corrected chi connectivity index (χ2v) is 12.9. The van der Waals surface area contributed by atoms with Gasteiger partial charge in [-0.25, -0.2) is 4.79 Å². The van der Waals surface area contributed by atoms with E-state index in [4.69, 9.17) is 9.47 Å². The van der Waals surface area contributed by atoms with Crippen molar-refractivity contribution in [1.29, 1.82) is 0 Å². The Bertz CT molecular complexity index is 1030. The fourth-order valence-corrected chi connectivity index (χ4v) is 9.08. The van der Waals surface area contributed by atoms with Crippen molar-refractivity contribution in [3.63, 3.8) is 0 Å². The van der Waals surface area contributed by atoms with Gasteiger partial charge < -0.3 is 9.47 Å². The van der Waals surface area contributed by atoms with Crippen LogP contribution in [0.5, 0.6) is 0 Å².